The molecule has 0 spiro atoms. The lowest BCUT2D eigenvalue weighted by Crippen LogP contribution is -2.23. The van der Waals surface area contributed by atoms with Gasteiger partial charge in [0, 0.05) is 6.20 Å². The fraction of sp³-hybridized carbons (Fsp3) is 0.353. The van der Waals surface area contributed by atoms with Gasteiger partial charge in [0.05, 0.1) is 18.8 Å². The summed E-state index contributed by atoms with van der Waals surface area (Å²) >= 11 is 0. The Bertz CT molecular complexity index is 557. The number of benzene rings is 1. The predicted octanol–water partition coefficient (Wildman–Crippen LogP) is 3.71. The fourth-order valence-corrected chi connectivity index (χ4v) is 2.23. The Balaban J connectivity index is 2.26. The van der Waals surface area contributed by atoms with Crippen molar-refractivity contribution in [2.45, 2.75) is 26.3 Å². The normalized spacial score (nSPS) is 12.1. The lowest BCUT2D eigenvalue weighted by molar-refractivity contribution is 0.340. The number of halogens is 1. The number of pyridine rings is 1. The van der Waals surface area contributed by atoms with Gasteiger partial charge in [-0.25, -0.2) is 4.39 Å². The molecule has 0 fully saturated rings. The molecule has 2 aromatic rings. The van der Waals surface area contributed by atoms with Crippen LogP contribution in [0.4, 0.5) is 4.39 Å². The van der Waals surface area contributed by atoms with Crippen LogP contribution in [-0.4, -0.2) is 18.1 Å². The van der Waals surface area contributed by atoms with E-state index < -0.39 is 0 Å². The summed E-state index contributed by atoms with van der Waals surface area (Å²) < 4.78 is 18.9. The van der Waals surface area contributed by atoms with Gasteiger partial charge in [0.1, 0.15) is 11.6 Å². The van der Waals surface area contributed by atoms with Gasteiger partial charge in [-0.1, -0.05) is 19.1 Å². The second-order valence-corrected chi connectivity index (χ2v) is 4.83. The van der Waals surface area contributed by atoms with Crippen LogP contribution in [0.1, 0.15) is 37.4 Å². The largest absolute Gasteiger partial charge is 0.494 e. The van der Waals surface area contributed by atoms with E-state index in [0.29, 0.717) is 6.61 Å². The third-order valence-electron chi connectivity index (χ3n) is 3.18. The Labute approximate surface area is 125 Å². The lowest BCUT2D eigenvalue weighted by Gasteiger charge is -2.19. The molecule has 0 bridgehead atoms. The van der Waals surface area contributed by atoms with Crippen LogP contribution < -0.4 is 10.1 Å². The van der Waals surface area contributed by atoms with E-state index in [9.17, 15) is 4.39 Å². The third kappa shape index (κ3) is 4.26. The Hall–Kier alpha value is -1.94. The Morgan fingerprint density at radius 1 is 1.14 bits per heavy atom. The molecule has 3 nitrogen and oxygen atoms in total. The van der Waals surface area contributed by atoms with E-state index in [1.54, 1.807) is 6.20 Å². The van der Waals surface area contributed by atoms with E-state index in [4.69, 9.17) is 4.74 Å². The number of ether oxygens (including phenoxy) is 1. The molecule has 1 unspecified atom stereocenters. The zero-order chi connectivity index (χ0) is 15.1. The summed E-state index contributed by atoms with van der Waals surface area (Å²) in [5, 5.41) is 3.43. The summed E-state index contributed by atoms with van der Waals surface area (Å²) in [6.45, 7) is 5.56. The average Bonchev–Trinajstić information content (AvgIpc) is 2.50. The molecule has 1 heterocycles. The molecule has 1 N–H and O–H groups in total. The van der Waals surface area contributed by atoms with Crippen LogP contribution in [0.2, 0.25) is 0 Å². The molecule has 0 saturated carbocycles. The maximum absolute atomic E-state index is 13.4. The van der Waals surface area contributed by atoms with Gasteiger partial charge in [0.15, 0.2) is 0 Å². The van der Waals surface area contributed by atoms with Gasteiger partial charge in [0.2, 0.25) is 0 Å². The minimum Gasteiger partial charge on any atom is -0.494 e. The van der Waals surface area contributed by atoms with E-state index in [1.807, 2.05) is 31.2 Å². The Morgan fingerprint density at radius 3 is 2.52 bits per heavy atom. The van der Waals surface area contributed by atoms with Crippen LogP contribution in [0, 0.1) is 5.82 Å². The standard InChI is InChI=1S/C17H21FN2O/c1-3-9-20-17(14-10-15(18)12-19-11-14)13-5-7-16(8-6-13)21-4-2/h5-8,10-12,17,20H,3-4,9H2,1-2H3. The first-order valence-corrected chi connectivity index (χ1v) is 7.31. The molecule has 4 heteroatoms. The van der Waals surface area contributed by atoms with E-state index in [0.717, 1.165) is 29.8 Å². The van der Waals surface area contributed by atoms with Crippen LogP contribution >= 0.6 is 0 Å². The topological polar surface area (TPSA) is 34.1 Å². The van der Waals surface area contributed by atoms with Gasteiger partial charge in [-0.15, -0.1) is 0 Å². The van der Waals surface area contributed by atoms with Crippen molar-refractivity contribution in [3.8, 4) is 5.75 Å². The number of nitrogens with zero attached hydrogens (tertiary/aromatic N) is 1. The molecule has 2 rings (SSSR count). The zero-order valence-corrected chi connectivity index (χ0v) is 12.5. The van der Waals surface area contributed by atoms with Crippen LogP contribution in [0.25, 0.3) is 0 Å². The van der Waals surface area contributed by atoms with E-state index in [2.05, 4.69) is 17.2 Å². The number of rotatable bonds is 7. The van der Waals surface area contributed by atoms with Crippen molar-refractivity contribution in [3.63, 3.8) is 0 Å². The number of aromatic nitrogens is 1. The SMILES string of the molecule is CCCNC(c1ccc(OCC)cc1)c1cncc(F)c1. The summed E-state index contributed by atoms with van der Waals surface area (Å²) in [6.07, 6.45) is 3.93. The van der Waals surface area contributed by atoms with Crippen molar-refractivity contribution in [1.82, 2.24) is 10.3 Å². The van der Waals surface area contributed by atoms with E-state index in [-0.39, 0.29) is 11.9 Å². The number of hydrogen-bond donors (Lipinski definition) is 1. The summed E-state index contributed by atoms with van der Waals surface area (Å²) in [6, 6.07) is 9.34. The van der Waals surface area contributed by atoms with Gasteiger partial charge in [-0.2, -0.15) is 0 Å². The Morgan fingerprint density at radius 2 is 1.90 bits per heavy atom. The molecule has 1 aromatic heterocycles. The quantitative estimate of drug-likeness (QED) is 0.843. The highest BCUT2D eigenvalue weighted by Gasteiger charge is 2.14. The smallest absolute Gasteiger partial charge is 0.141 e. The van der Waals surface area contributed by atoms with Gasteiger partial charge in [0.25, 0.3) is 0 Å². The lowest BCUT2D eigenvalue weighted by atomic mass is 10.00. The molecule has 0 saturated heterocycles. The van der Waals surface area contributed by atoms with Crippen molar-refractivity contribution in [2.75, 3.05) is 13.2 Å². The van der Waals surface area contributed by atoms with E-state index >= 15 is 0 Å². The molecule has 0 aliphatic carbocycles. The van der Waals surface area contributed by atoms with Crippen molar-refractivity contribution >= 4 is 0 Å². The summed E-state index contributed by atoms with van der Waals surface area (Å²) in [5.74, 6) is 0.523. The van der Waals surface area contributed by atoms with Crippen LogP contribution in [0.5, 0.6) is 5.75 Å². The fourth-order valence-electron chi connectivity index (χ4n) is 2.23. The van der Waals surface area contributed by atoms with Gasteiger partial charge >= 0.3 is 0 Å². The minimum atomic E-state index is -0.318. The molecule has 0 amide bonds. The first kappa shape index (κ1) is 15.4. The van der Waals surface area contributed by atoms with Gasteiger partial charge in [-0.3, -0.25) is 4.98 Å². The van der Waals surface area contributed by atoms with Crippen LogP contribution in [0.15, 0.2) is 42.7 Å². The molecule has 0 radical (unpaired) electrons. The van der Waals surface area contributed by atoms with E-state index in [1.165, 1.54) is 12.3 Å². The number of nitrogens with one attached hydrogen (secondary N) is 1. The van der Waals surface area contributed by atoms with Gasteiger partial charge < -0.3 is 10.1 Å². The zero-order valence-electron chi connectivity index (χ0n) is 12.5. The summed E-state index contributed by atoms with van der Waals surface area (Å²) in [5.41, 5.74) is 1.90. The van der Waals surface area contributed by atoms with Crippen LogP contribution in [0.3, 0.4) is 0 Å². The highest BCUT2D eigenvalue weighted by molar-refractivity contribution is 5.34. The van der Waals surface area contributed by atoms with Gasteiger partial charge in [-0.05, 0) is 49.2 Å². The van der Waals surface area contributed by atoms with Crippen LogP contribution in [-0.2, 0) is 0 Å². The monoisotopic (exact) mass is 288 g/mol. The molecule has 1 atom stereocenters. The average molecular weight is 288 g/mol. The molecule has 112 valence electrons. The number of hydrogen-bond acceptors (Lipinski definition) is 3. The van der Waals surface area contributed by atoms with Crippen molar-refractivity contribution in [1.29, 1.82) is 0 Å². The highest BCUT2D eigenvalue weighted by atomic mass is 19.1. The highest BCUT2D eigenvalue weighted by Crippen LogP contribution is 2.24. The van der Waals surface area contributed by atoms with Crippen molar-refractivity contribution < 1.29 is 9.13 Å². The third-order valence-corrected chi connectivity index (χ3v) is 3.18. The first-order chi connectivity index (χ1) is 10.2. The molecular formula is C17H21FN2O. The summed E-state index contributed by atoms with van der Waals surface area (Å²) in [7, 11) is 0. The van der Waals surface area contributed by atoms with Crippen molar-refractivity contribution in [2.24, 2.45) is 0 Å². The molecule has 0 aliphatic rings. The first-order valence-electron chi connectivity index (χ1n) is 7.31. The second-order valence-electron chi connectivity index (χ2n) is 4.83. The second kappa shape index (κ2) is 7.74. The molecule has 0 aliphatic heterocycles. The molecule has 1 aromatic carbocycles. The minimum absolute atomic E-state index is 0.0659. The Kier molecular flexibility index (Phi) is 5.69. The predicted molar refractivity (Wildman–Crippen MR) is 81.9 cm³/mol. The maximum atomic E-state index is 13.4. The molecule has 21 heavy (non-hydrogen) atoms. The summed E-state index contributed by atoms with van der Waals surface area (Å²) in [4.78, 5) is 3.95. The van der Waals surface area contributed by atoms with Crippen molar-refractivity contribution in [3.05, 3.63) is 59.7 Å². The molecular weight excluding hydrogens is 267 g/mol. The maximum Gasteiger partial charge on any atom is 0.141 e.